The second-order valence-corrected chi connectivity index (χ2v) is 9.47. The van der Waals surface area contributed by atoms with Gasteiger partial charge in [0, 0.05) is 11.4 Å². The molecule has 18 heteroatoms. The molecule has 0 aliphatic heterocycles. The summed E-state index contributed by atoms with van der Waals surface area (Å²) in [5, 5.41) is 1.20. The molecule has 0 saturated carbocycles. The Kier molecular flexibility index (Phi) is 8.55. The van der Waals surface area contributed by atoms with Crippen LogP contribution in [0, 0.1) is 12.7 Å². The van der Waals surface area contributed by atoms with Gasteiger partial charge in [0.05, 0.1) is 17.4 Å². The molecule has 41 heavy (non-hydrogen) atoms. The van der Waals surface area contributed by atoms with Crippen molar-refractivity contribution in [2.45, 2.75) is 24.8 Å². The minimum Gasteiger partial charge on any atom is -0.510 e. The molecule has 0 unspecified atom stereocenters. The number of ether oxygens (including phenoxy) is 3. The predicted octanol–water partition coefficient (Wildman–Crippen LogP) is 2.48. The maximum atomic E-state index is 15.3. The molecule has 0 radical (unpaired) electrons. The molecule has 3 rings (SSSR count). The molecular weight excluding hydrogens is 564 g/mol. The van der Waals surface area contributed by atoms with E-state index in [0.717, 1.165) is 24.4 Å². The summed E-state index contributed by atoms with van der Waals surface area (Å²) < 4.78 is 109. The van der Waals surface area contributed by atoms with Crippen LogP contribution >= 0.6 is 0 Å². The van der Waals surface area contributed by atoms with Gasteiger partial charge in [-0.1, -0.05) is 0 Å². The lowest BCUT2D eigenvalue weighted by Gasteiger charge is -2.25. The van der Waals surface area contributed by atoms with Gasteiger partial charge in [-0.2, -0.15) is 13.2 Å². The molecule has 0 atom stereocenters. The Morgan fingerprint density at radius 3 is 2.10 bits per heavy atom. The van der Waals surface area contributed by atoms with Crippen LogP contribution in [0.15, 0.2) is 42.6 Å². The Balaban J connectivity index is 2.11. The number of aryl methyl sites for hydroxylation is 1. The minimum absolute atomic E-state index is 0.0897. The zero-order valence-electron chi connectivity index (χ0n) is 21.8. The number of anilines is 1. The Hall–Kier alpha value is -4.37. The number of hydrogen-bond acceptors (Lipinski definition) is 6. The average Bonchev–Trinajstić information content (AvgIpc) is 2.79. The van der Waals surface area contributed by atoms with Gasteiger partial charge in [-0.15, -0.1) is 13.2 Å². The first-order valence-electron chi connectivity index (χ1n) is 11.5. The molecule has 0 saturated heterocycles. The van der Waals surface area contributed by atoms with Crippen molar-refractivity contribution in [3.8, 4) is 23.0 Å². The number of halogens is 7. The third kappa shape index (κ3) is 8.08. The van der Waals surface area contributed by atoms with Crippen LogP contribution in [0.5, 0.6) is 23.0 Å². The summed E-state index contributed by atoms with van der Waals surface area (Å²) >= 11 is 0. The van der Waals surface area contributed by atoms with Gasteiger partial charge in [-0.3, -0.25) is 9.59 Å². The average molecular weight is 583 g/mol. The molecule has 3 aromatic rings. The van der Waals surface area contributed by atoms with Gasteiger partial charge in [0.1, 0.15) is 46.3 Å². The minimum atomic E-state index is -5.20. The molecule has 0 aliphatic carbocycles. The van der Waals surface area contributed by atoms with E-state index in [1.54, 1.807) is 23.5 Å². The zero-order chi connectivity index (χ0) is 30.9. The Morgan fingerprint density at radius 1 is 0.927 bits per heavy atom. The van der Waals surface area contributed by atoms with Crippen molar-refractivity contribution in [3.05, 3.63) is 70.8 Å². The number of carbonyl (C=O) groups is 2. The van der Waals surface area contributed by atoms with Crippen LogP contribution in [-0.4, -0.2) is 52.0 Å². The highest BCUT2D eigenvalue weighted by atomic mass is 19.4. The molecule has 3 N–H and O–H groups in total. The van der Waals surface area contributed by atoms with E-state index in [0.29, 0.717) is 12.1 Å². The van der Waals surface area contributed by atoms with Gasteiger partial charge < -0.3 is 25.3 Å². The highest BCUT2D eigenvalue weighted by Gasteiger charge is 2.38. The van der Waals surface area contributed by atoms with Crippen LogP contribution in [0.4, 0.5) is 36.4 Å². The Labute approximate surface area is 230 Å². The fraction of sp³-hybridized carbons (Fsp3) is 0.174. The van der Waals surface area contributed by atoms with E-state index in [4.69, 9.17) is 15.2 Å². The highest BCUT2D eigenvalue weighted by molar-refractivity contribution is 6.58. The molecular formula is C23H19B3F7N3O5. The molecule has 8 nitrogen and oxygen atoms in total. The molecule has 214 valence electrons. The van der Waals surface area contributed by atoms with E-state index < -0.39 is 58.1 Å². The van der Waals surface area contributed by atoms with E-state index in [1.807, 2.05) is 0 Å². The van der Waals surface area contributed by atoms with Crippen LogP contribution in [0.3, 0.4) is 0 Å². The standard InChI is InChI=1S/C23H19B3F7N3O5/c1-9-6-12(19(34)37)35-8-13(9)36-20(38)17-15(5-3-11(18(17)27)21(28,29)30)39-14-4-2-10(40-23(31,32)33)7-16(14)41-22(24,25)26/h2-8H,24-26H2,1H3,(H2,34,37)(H,36,38). The van der Waals surface area contributed by atoms with Crippen molar-refractivity contribution in [1.82, 2.24) is 4.98 Å². The monoisotopic (exact) mass is 583 g/mol. The molecule has 2 aromatic carbocycles. The zero-order valence-corrected chi connectivity index (χ0v) is 21.8. The van der Waals surface area contributed by atoms with Crippen molar-refractivity contribution in [2.75, 3.05) is 5.32 Å². The summed E-state index contributed by atoms with van der Waals surface area (Å²) in [5.41, 5.74) is 2.15. The number of nitrogens with one attached hydrogen (secondary N) is 1. The summed E-state index contributed by atoms with van der Waals surface area (Å²) in [5.74, 6) is -6.42. The van der Waals surface area contributed by atoms with Gasteiger partial charge in [0.25, 0.3) is 11.8 Å². The first kappa shape index (κ1) is 31.2. The van der Waals surface area contributed by atoms with Crippen LogP contribution in [0.2, 0.25) is 0 Å². The lowest BCUT2D eigenvalue weighted by molar-refractivity contribution is -0.274. The molecule has 0 spiro atoms. The summed E-state index contributed by atoms with van der Waals surface area (Å²) in [7, 11) is 4.64. The van der Waals surface area contributed by atoms with Crippen molar-refractivity contribution in [1.29, 1.82) is 0 Å². The van der Waals surface area contributed by atoms with Crippen molar-refractivity contribution in [3.63, 3.8) is 0 Å². The summed E-state index contributed by atoms with van der Waals surface area (Å²) in [4.78, 5) is 28.2. The lowest BCUT2D eigenvalue weighted by Crippen LogP contribution is -2.37. The molecule has 2 amide bonds. The summed E-state index contributed by atoms with van der Waals surface area (Å²) in [6, 6.07) is 4.77. The third-order valence-electron chi connectivity index (χ3n) is 5.03. The Bertz CT molecular complexity index is 1500. The second kappa shape index (κ2) is 11.3. The molecule has 0 fully saturated rings. The second-order valence-electron chi connectivity index (χ2n) is 9.47. The topological polar surface area (TPSA) is 113 Å². The lowest BCUT2D eigenvalue weighted by atomic mass is 9.52. The number of alkyl halides is 6. The van der Waals surface area contributed by atoms with Gasteiger partial charge in [-0.25, -0.2) is 9.37 Å². The summed E-state index contributed by atoms with van der Waals surface area (Å²) in [6.45, 7) is 1.42. The first-order valence-corrected chi connectivity index (χ1v) is 11.5. The molecule has 0 bridgehead atoms. The van der Waals surface area contributed by atoms with Crippen LogP contribution < -0.4 is 25.3 Å². The van der Waals surface area contributed by atoms with Crippen molar-refractivity contribution in [2.24, 2.45) is 5.73 Å². The van der Waals surface area contributed by atoms with E-state index in [9.17, 15) is 35.9 Å². The van der Waals surface area contributed by atoms with E-state index in [2.05, 4.69) is 15.0 Å². The normalized spacial score (nSPS) is 12.0. The third-order valence-corrected chi connectivity index (χ3v) is 5.03. The van der Waals surface area contributed by atoms with E-state index >= 15 is 4.39 Å². The number of benzene rings is 2. The van der Waals surface area contributed by atoms with Crippen molar-refractivity contribution < 1.29 is 54.5 Å². The molecule has 0 aliphatic rings. The van der Waals surface area contributed by atoms with Crippen LogP contribution in [-0.2, 0) is 6.18 Å². The first-order chi connectivity index (χ1) is 18.7. The maximum Gasteiger partial charge on any atom is 0.573 e. The van der Waals surface area contributed by atoms with Crippen LogP contribution in [0.1, 0.15) is 32.0 Å². The fourth-order valence-corrected chi connectivity index (χ4v) is 3.38. The number of amides is 2. The quantitative estimate of drug-likeness (QED) is 0.312. The number of nitrogens with two attached hydrogens (primary N) is 1. The predicted molar refractivity (Wildman–Crippen MR) is 139 cm³/mol. The number of carbonyl (C=O) groups excluding carboxylic acids is 2. The number of nitrogens with zero attached hydrogens (tertiary/aromatic N) is 1. The van der Waals surface area contributed by atoms with Crippen LogP contribution in [0.25, 0.3) is 0 Å². The van der Waals surface area contributed by atoms with Gasteiger partial charge in [-0.05, 0) is 42.8 Å². The smallest absolute Gasteiger partial charge is 0.510 e. The number of primary amides is 1. The SMILES string of the molecule is BC(B)(B)Oc1cc(OC(F)(F)F)ccc1Oc1ccc(C(F)(F)F)c(F)c1C(=O)Nc1cnc(C(N)=O)cc1C. The van der Waals surface area contributed by atoms with Gasteiger partial charge >= 0.3 is 12.5 Å². The number of rotatable bonds is 8. The molecule has 1 heterocycles. The largest absolute Gasteiger partial charge is 0.573 e. The van der Waals surface area contributed by atoms with Gasteiger partial charge in [0.15, 0.2) is 17.3 Å². The fourth-order valence-electron chi connectivity index (χ4n) is 3.38. The molecule has 1 aromatic heterocycles. The van der Waals surface area contributed by atoms with E-state index in [-0.39, 0.29) is 28.4 Å². The number of aromatic nitrogens is 1. The summed E-state index contributed by atoms with van der Waals surface area (Å²) in [6.07, 6.45) is -9.25. The van der Waals surface area contributed by atoms with Gasteiger partial charge in [0.2, 0.25) is 0 Å². The Morgan fingerprint density at radius 2 is 1.56 bits per heavy atom. The number of hydrogen-bond donors (Lipinski definition) is 2. The highest BCUT2D eigenvalue weighted by Crippen LogP contribution is 2.41. The van der Waals surface area contributed by atoms with Crippen molar-refractivity contribution >= 4 is 41.0 Å². The maximum absolute atomic E-state index is 15.3. The van der Waals surface area contributed by atoms with E-state index in [1.165, 1.54) is 13.0 Å². The number of pyridine rings is 1.